The number of aliphatic carboxylic acids is 1. The number of nitrogens with zero attached hydrogens (tertiary/aromatic N) is 2. The lowest BCUT2D eigenvalue weighted by Gasteiger charge is -2.37. The van der Waals surface area contributed by atoms with Crippen molar-refractivity contribution in [1.82, 2.24) is 4.90 Å². The third kappa shape index (κ3) is 2.48. The second kappa shape index (κ2) is 5.60. The van der Waals surface area contributed by atoms with Gasteiger partial charge >= 0.3 is 12.0 Å². The molecule has 1 N–H and O–H groups in total. The van der Waals surface area contributed by atoms with Gasteiger partial charge in [-0.3, -0.25) is 4.90 Å². The molecule has 6 heteroatoms. The lowest BCUT2D eigenvalue weighted by molar-refractivity contribution is -0.138. The summed E-state index contributed by atoms with van der Waals surface area (Å²) in [4.78, 5) is 27.7. The highest BCUT2D eigenvalue weighted by atomic mass is 32.2. The molecule has 2 aliphatic heterocycles. The third-order valence-electron chi connectivity index (χ3n) is 4.08. The van der Waals surface area contributed by atoms with E-state index in [0.717, 1.165) is 22.8 Å². The van der Waals surface area contributed by atoms with Crippen LogP contribution in [0.25, 0.3) is 0 Å². The van der Waals surface area contributed by atoms with E-state index >= 15 is 0 Å². The van der Waals surface area contributed by atoms with Gasteiger partial charge in [0, 0.05) is 36.2 Å². The monoisotopic (exact) mass is 306 g/mol. The SMILES string of the molecule is CC1CSCCN1C(=O)N1c2ccccc2CC1C(=O)O. The van der Waals surface area contributed by atoms with Crippen LogP contribution in [0.4, 0.5) is 10.5 Å². The molecule has 3 rings (SSSR count). The summed E-state index contributed by atoms with van der Waals surface area (Å²) in [6.45, 7) is 2.69. The number of amides is 2. The Hall–Kier alpha value is -1.69. The van der Waals surface area contributed by atoms with Crippen LogP contribution in [-0.2, 0) is 11.2 Å². The van der Waals surface area contributed by atoms with Crippen LogP contribution in [0.2, 0.25) is 0 Å². The maximum absolute atomic E-state index is 12.9. The van der Waals surface area contributed by atoms with E-state index in [-0.39, 0.29) is 12.1 Å². The lowest BCUT2D eigenvalue weighted by Crippen LogP contribution is -2.54. The minimum Gasteiger partial charge on any atom is -0.480 e. The molecule has 0 saturated carbocycles. The van der Waals surface area contributed by atoms with E-state index in [2.05, 4.69) is 0 Å². The van der Waals surface area contributed by atoms with Crippen molar-refractivity contribution in [2.24, 2.45) is 0 Å². The summed E-state index contributed by atoms with van der Waals surface area (Å²) in [6, 6.07) is 6.62. The van der Waals surface area contributed by atoms with Crippen molar-refractivity contribution in [3.8, 4) is 0 Å². The average molecular weight is 306 g/mol. The first kappa shape index (κ1) is 14.3. The van der Waals surface area contributed by atoms with E-state index in [1.807, 2.05) is 43.0 Å². The minimum absolute atomic E-state index is 0.137. The second-order valence-electron chi connectivity index (χ2n) is 5.46. The first-order valence-electron chi connectivity index (χ1n) is 7.08. The summed E-state index contributed by atoms with van der Waals surface area (Å²) in [5, 5.41) is 9.45. The van der Waals surface area contributed by atoms with Gasteiger partial charge < -0.3 is 10.0 Å². The lowest BCUT2D eigenvalue weighted by atomic mass is 10.1. The van der Waals surface area contributed by atoms with Gasteiger partial charge in [0.2, 0.25) is 0 Å². The molecule has 2 heterocycles. The molecule has 2 aliphatic rings. The highest BCUT2D eigenvalue weighted by Gasteiger charge is 2.41. The zero-order chi connectivity index (χ0) is 15.0. The maximum Gasteiger partial charge on any atom is 0.327 e. The largest absolute Gasteiger partial charge is 0.480 e. The quantitative estimate of drug-likeness (QED) is 0.863. The van der Waals surface area contributed by atoms with Crippen molar-refractivity contribution < 1.29 is 14.7 Å². The Balaban J connectivity index is 1.93. The Morgan fingerprint density at radius 1 is 1.33 bits per heavy atom. The van der Waals surface area contributed by atoms with Crippen molar-refractivity contribution in [2.45, 2.75) is 25.4 Å². The van der Waals surface area contributed by atoms with Crippen molar-refractivity contribution in [2.75, 3.05) is 23.0 Å². The van der Waals surface area contributed by atoms with Crippen molar-refractivity contribution in [1.29, 1.82) is 0 Å². The van der Waals surface area contributed by atoms with Crippen molar-refractivity contribution in [3.05, 3.63) is 29.8 Å². The molecule has 1 aromatic rings. The molecule has 2 amide bonds. The first-order valence-corrected chi connectivity index (χ1v) is 8.23. The Morgan fingerprint density at radius 3 is 2.81 bits per heavy atom. The van der Waals surface area contributed by atoms with Gasteiger partial charge in [0.05, 0.1) is 0 Å². The topological polar surface area (TPSA) is 60.9 Å². The number of anilines is 1. The Kier molecular flexibility index (Phi) is 3.80. The molecule has 0 aromatic heterocycles. The molecular formula is C15H18N2O3S. The summed E-state index contributed by atoms with van der Waals surface area (Å²) < 4.78 is 0. The number of thioether (sulfide) groups is 1. The smallest absolute Gasteiger partial charge is 0.327 e. The van der Waals surface area contributed by atoms with Crippen LogP contribution >= 0.6 is 11.8 Å². The average Bonchev–Trinajstić information content (AvgIpc) is 2.86. The molecule has 0 spiro atoms. The van der Waals surface area contributed by atoms with Crippen molar-refractivity contribution >= 4 is 29.4 Å². The molecule has 1 aromatic carbocycles. The van der Waals surface area contributed by atoms with E-state index in [1.165, 1.54) is 4.90 Å². The van der Waals surface area contributed by atoms with Crippen LogP contribution in [0.15, 0.2) is 24.3 Å². The highest BCUT2D eigenvalue weighted by Crippen LogP contribution is 2.34. The van der Waals surface area contributed by atoms with Gasteiger partial charge in [0.1, 0.15) is 6.04 Å². The van der Waals surface area contributed by atoms with Gasteiger partial charge in [0.25, 0.3) is 0 Å². The minimum atomic E-state index is -0.946. The standard InChI is InChI=1S/C15H18N2O3S/c1-10-9-21-7-6-16(10)15(20)17-12-5-3-2-4-11(12)8-13(17)14(18)19/h2-5,10,13H,6-9H2,1H3,(H,18,19). The van der Waals surface area contributed by atoms with E-state index in [4.69, 9.17) is 0 Å². The number of carbonyl (C=O) groups excluding carboxylic acids is 1. The molecule has 1 fully saturated rings. The Bertz CT molecular complexity index is 578. The predicted molar refractivity (Wildman–Crippen MR) is 82.9 cm³/mol. The molecule has 2 atom stereocenters. The van der Waals surface area contributed by atoms with Gasteiger partial charge in [-0.2, -0.15) is 11.8 Å². The zero-order valence-electron chi connectivity index (χ0n) is 11.9. The normalized spacial score (nSPS) is 24.8. The fourth-order valence-corrected chi connectivity index (χ4v) is 3.98. The summed E-state index contributed by atoms with van der Waals surface area (Å²) in [5.41, 5.74) is 1.66. The number of carbonyl (C=O) groups is 2. The Labute approximate surface area is 127 Å². The highest BCUT2D eigenvalue weighted by molar-refractivity contribution is 7.99. The number of hydrogen-bond acceptors (Lipinski definition) is 3. The van der Waals surface area contributed by atoms with Gasteiger partial charge in [-0.25, -0.2) is 9.59 Å². The second-order valence-corrected chi connectivity index (χ2v) is 6.61. The van der Waals surface area contributed by atoms with Crippen LogP contribution in [0, 0.1) is 0 Å². The third-order valence-corrected chi connectivity index (χ3v) is 5.27. The van der Waals surface area contributed by atoms with Crippen LogP contribution in [0.1, 0.15) is 12.5 Å². The number of benzene rings is 1. The maximum atomic E-state index is 12.9. The van der Waals surface area contributed by atoms with E-state index in [9.17, 15) is 14.7 Å². The van der Waals surface area contributed by atoms with Gasteiger partial charge in [-0.15, -0.1) is 0 Å². The van der Waals surface area contributed by atoms with E-state index < -0.39 is 12.0 Å². The van der Waals surface area contributed by atoms with E-state index in [1.54, 1.807) is 4.90 Å². The predicted octanol–water partition coefficient (Wildman–Crippen LogP) is 2.06. The number of rotatable bonds is 1. The molecule has 5 nitrogen and oxygen atoms in total. The number of hydrogen-bond donors (Lipinski definition) is 1. The summed E-state index contributed by atoms with van der Waals surface area (Å²) in [6.07, 6.45) is 0.383. The van der Waals surface area contributed by atoms with Gasteiger partial charge in [0.15, 0.2) is 0 Å². The Morgan fingerprint density at radius 2 is 2.10 bits per heavy atom. The number of carboxylic acids is 1. The van der Waals surface area contributed by atoms with Gasteiger partial charge in [-0.05, 0) is 18.6 Å². The van der Waals surface area contributed by atoms with Gasteiger partial charge in [-0.1, -0.05) is 18.2 Å². The fraction of sp³-hybridized carbons (Fsp3) is 0.467. The zero-order valence-corrected chi connectivity index (χ0v) is 12.7. The van der Waals surface area contributed by atoms with Crippen molar-refractivity contribution in [3.63, 3.8) is 0 Å². The molecule has 1 saturated heterocycles. The molecule has 21 heavy (non-hydrogen) atoms. The molecule has 2 unspecified atom stereocenters. The summed E-state index contributed by atoms with van der Waals surface area (Å²) in [5.74, 6) is 0.862. The number of urea groups is 1. The summed E-state index contributed by atoms with van der Waals surface area (Å²) in [7, 11) is 0. The van der Waals surface area contributed by atoms with Crippen LogP contribution in [0.3, 0.4) is 0 Å². The number of para-hydroxylation sites is 1. The van der Waals surface area contributed by atoms with Crippen LogP contribution in [0.5, 0.6) is 0 Å². The summed E-state index contributed by atoms with van der Waals surface area (Å²) >= 11 is 1.83. The van der Waals surface area contributed by atoms with Crippen LogP contribution in [-0.4, -0.2) is 52.1 Å². The van der Waals surface area contributed by atoms with Crippen LogP contribution < -0.4 is 4.90 Å². The fourth-order valence-electron chi connectivity index (χ4n) is 2.97. The molecule has 0 bridgehead atoms. The number of fused-ring (bicyclic) bond motifs is 1. The molecular weight excluding hydrogens is 288 g/mol. The number of carboxylic acid groups (broad SMARTS) is 1. The molecule has 0 aliphatic carbocycles. The first-order chi connectivity index (χ1) is 10.1. The molecule has 0 radical (unpaired) electrons. The molecule has 112 valence electrons. The van der Waals surface area contributed by atoms with E-state index in [0.29, 0.717) is 13.0 Å².